The topological polar surface area (TPSA) is 100 Å². The third-order valence-corrected chi connectivity index (χ3v) is 7.70. The number of Topliss-reactive ketones (excluding diaryl/α,β-unsaturated/α-hetero) is 1. The minimum Gasteiger partial charge on any atom is -0.497 e. The van der Waals surface area contributed by atoms with Gasteiger partial charge in [-0.3, -0.25) is 9.59 Å². The molecule has 0 unspecified atom stereocenters. The Labute approximate surface area is 251 Å². The van der Waals surface area contributed by atoms with E-state index >= 15 is 0 Å². The zero-order chi connectivity index (χ0) is 30.5. The molecule has 3 aromatic carbocycles. The Balaban J connectivity index is 1.55. The molecule has 0 aromatic heterocycles. The second-order valence-electron chi connectivity index (χ2n) is 10.6. The van der Waals surface area contributed by atoms with Gasteiger partial charge in [0.05, 0.1) is 19.3 Å². The van der Waals surface area contributed by atoms with Crippen molar-refractivity contribution in [2.45, 2.75) is 52.1 Å². The van der Waals surface area contributed by atoms with Crippen LogP contribution in [0.15, 0.2) is 95.3 Å². The van der Waals surface area contributed by atoms with E-state index in [1.165, 1.54) is 6.92 Å². The van der Waals surface area contributed by atoms with E-state index in [0.717, 1.165) is 22.6 Å². The van der Waals surface area contributed by atoms with Crippen LogP contribution in [-0.2, 0) is 25.7 Å². The number of dihydropyridines is 1. The molecule has 8 nitrogen and oxygen atoms in total. The first kappa shape index (κ1) is 29.6. The fraction of sp³-hybridized carbons (Fsp3) is 0.286. The Kier molecular flexibility index (Phi) is 8.95. The van der Waals surface area contributed by atoms with Gasteiger partial charge < -0.3 is 24.3 Å². The van der Waals surface area contributed by atoms with Crippen LogP contribution in [0, 0.1) is 0 Å². The predicted octanol–water partition coefficient (Wildman–Crippen LogP) is 6.12. The number of ketones is 1. The molecule has 0 bridgehead atoms. The predicted molar refractivity (Wildman–Crippen MR) is 161 cm³/mol. The third kappa shape index (κ3) is 6.48. The van der Waals surface area contributed by atoms with Crippen LogP contribution < -0.4 is 19.5 Å². The zero-order valence-electron chi connectivity index (χ0n) is 24.8. The highest BCUT2D eigenvalue weighted by Gasteiger charge is 2.41. The highest BCUT2D eigenvalue weighted by Crippen LogP contribution is 2.47. The molecule has 222 valence electrons. The van der Waals surface area contributed by atoms with E-state index in [2.05, 4.69) is 5.32 Å². The van der Waals surface area contributed by atoms with Crippen molar-refractivity contribution in [1.82, 2.24) is 5.32 Å². The zero-order valence-corrected chi connectivity index (χ0v) is 24.8. The van der Waals surface area contributed by atoms with E-state index in [-0.39, 0.29) is 24.1 Å². The fourth-order valence-corrected chi connectivity index (χ4v) is 5.77. The fourth-order valence-electron chi connectivity index (χ4n) is 5.77. The van der Waals surface area contributed by atoms with Crippen LogP contribution >= 0.6 is 0 Å². The Morgan fingerprint density at radius 2 is 1.65 bits per heavy atom. The molecule has 0 saturated heterocycles. The van der Waals surface area contributed by atoms with E-state index in [9.17, 15) is 14.4 Å². The molecule has 5 rings (SSSR count). The lowest BCUT2D eigenvalue weighted by Crippen LogP contribution is -2.36. The molecule has 0 radical (unpaired) electrons. The van der Waals surface area contributed by atoms with E-state index in [1.54, 1.807) is 25.3 Å². The van der Waals surface area contributed by atoms with Crippen LogP contribution in [-0.4, -0.2) is 31.4 Å². The van der Waals surface area contributed by atoms with Crippen LogP contribution in [0.25, 0.3) is 0 Å². The molecule has 2 atom stereocenters. The van der Waals surface area contributed by atoms with Crippen molar-refractivity contribution in [3.63, 3.8) is 0 Å². The number of methoxy groups -OCH3 is 1. The molecule has 1 N–H and O–H groups in total. The van der Waals surface area contributed by atoms with Gasteiger partial charge in [0.1, 0.15) is 12.4 Å². The number of hydrogen-bond acceptors (Lipinski definition) is 8. The quantitative estimate of drug-likeness (QED) is 0.238. The van der Waals surface area contributed by atoms with Crippen LogP contribution in [0.1, 0.15) is 62.1 Å². The van der Waals surface area contributed by atoms with Gasteiger partial charge in [0.15, 0.2) is 17.3 Å². The molecule has 43 heavy (non-hydrogen) atoms. The maximum Gasteiger partial charge on any atom is 0.337 e. The Hall–Kier alpha value is -4.85. The second kappa shape index (κ2) is 13.0. The maximum absolute atomic E-state index is 14.0. The summed E-state index contributed by atoms with van der Waals surface area (Å²) in [6, 6.07) is 22.3. The van der Waals surface area contributed by atoms with Gasteiger partial charge in [-0.1, -0.05) is 48.5 Å². The number of carbonyl (C=O) groups is 3. The lowest BCUT2D eigenvalue weighted by Gasteiger charge is -2.37. The number of nitrogens with one attached hydrogen (secondary N) is 1. The Morgan fingerprint density at radius 3 is 2.33 bits per heavy atom. The summed E-state index contributed by atoms with van der Waals surface area (Å²) in [5.41, 5.74) is 4.84. The number of hydrogen-bond donors (Lipinski definition) is 1. The van der Waals surface area contributed by atoms with Gasteiger partial charge in [0, 0.05) is 36.2 Å². The average molecular weight is 582 g/mol. The molecule has 0 fully saturated rings. The van der Waals surface area contributed by atoms with Crippen molar-refractivity contribution in [1.29, 1.82) is 0 Å². The van der Waals surface area contributed by atoms with E-state index < -0.39 is 17.9 Å². The summed E-state index contributed by atoms with van der Waals surface area (Å²) in [7, 11) is 1.62. The van der Waals surface area contributed by atoms with Gasteiger partial charge in [0.25, 0.3) is 0 Å². The molecule has 1 aliphatic heterocycles. The largest absolute Gasteiger partial charge is 0.497 e. The van der Waals surface area contributed by atoms with Gasteiger partial charge >= 0.3 is 11.9 Å². The highest BCUT2D eigenvalue weighted by molar-refractivity contribution is 6.04. The summed E-state index contributed by atoms with van der Waals surface area (Å²) in [6.45, 7) is 5.41. The van der Waals surface area contributed by atoms with Crippen molar-refractivity contribution in [2.24, 2.45) is 0 Å². The van der Waals surface area contributed by atoms with Gasteiger partial charge in [-0.05, 0) is 67.1 Å². The summed E-state index contributed by atoms with van der Waals surface area (Å²) in [5.74, 6) is -0.408. The number of benzene rings is 3. The number of allylic oxidation sites excluding steroid dienone is 3. The highest BCUT2D eigenvalue weighted by atomic mass is 16.6. The van der Waals surface area contributed by atoms with Gasteiger partial charge in [-0.15, -0.1) is 0 Å². The first-order valence-electron chi connectivity index (χ1n) is 14.3. The monoisotopic (exact) mass is 581 g/mol. The smallest absolute Gasteiger partial charge is 0.337 e. The molecule has 0 saturated carbocycles. The van der Waals surface area contributed by atoms with Crippen LogP contribution in [0.4, 0.5) is 0 Å². The van der Waals surface area contributed by atoms with Gasteiger partial charge in [-0.2, -0.15) is 0 Å². The molecule has 8 heteroatoms. The Bertz CT molecular complexity index is 1590. The first-order valence-corrected chi connectivity index (χ1v) is 14.3. The SMILES string of the molecule is CCOc1cc([C@H]2C(C(=O)OCc3ccccc3)=C(C)NC3=C2C(=O)C[C@@H](c2ccc(OC)cc2)C3)ccc1OC(C)=O. The van der Waals surface area contributed by atoms with Crippen LogP contribution in [0.5, 0.6) is 17.2 Å². The average Bonchev–Trinajstić information content (AvgIpc) is 3.00. The lowest BCUT2D eigenvalue weighted by molar-refractivity contribution is -0.140. The summed E-state index contributed by atoms with van der Waals surface area (Å²) in [6.07, 6.45) is 0.885. The van der Waals surface area contributed by atoms with Crippen molar-refractivity contribution in [2.75, 3.05) is 13.7 Å². The minimum atomic E-state index is -0.700. The number of ether oxygens (including phenoxy) is 4. The summed E-state index contributed by atoms with van der Waals surface area (Å²) in [4.78, 5) is 39.5. The van der Waals surface area contributed by atoms with E-state index in [1.807, 2.05) is 68.4 Å². The molecule has 0 amide bonds. The van der Waals surface area contributed by atoms with Crippen LogP contribution in [0.2, 0.25) is 0 Å². The van der Waals surface area contributed by atoms with Crippen molar-refractivity contribution < 1.29 is 33.3 Å². The summed E-state index contributed by atoms with van der Waals surface area (Å²) >= 11 is 0. The molecular weight excluding hydrogens is 546 g/mol. The van der Waals surface area contributed by atoms with E-state index in [0.29, 0.717) is 47.6 Å². The molecule has 1 aliphatic carbocycles. The van der Waals surface area contributed by atoms with Crippen molar-refractivity contribution in [3.8, 4) is 17.2 Å². The molecule has 3 aromatic rings. The standard InChI is InChI=1S/C35H35NO7/c1-5-41-31-19-25(13-16-30(31)43-22(3)37)33-32(35(39)42-20-23-9-7-6-8-10-23)21(2)36-28-17-26(18-29(38)34(28)33)24-11-14-27(40-4)15-12-24/h6-16,19,26,33,36H,5,17-18,20H2,1-4H3/t26-,33-/m0/s1. The van der Waals surface area contributed by atoms with Crippen LogP contribution in [0.3, 0.4) is 0 Å². The number of rotatable bonds is 9. The molecule has 0 spiro atoms. The van der Waals surface area contributed by atoms with Gasteiger partial charge in [-0.25, -0.2) is 4.79 Å². The lowest BCUT2D eigenvalue weighted by atomic mass is 9.71. The van der Waals surface area contributed by atoms with Crippen molar-refractivity contribution >= 4 is 17.7 Å². The van der Waals surface area contributed by atoms with E-state index in [4.69, 9.17) is 18.9 Å². The molecule has 1 heterocycles. The maximum atomic E-state index is 14.0. The second-order valence-corrected chi connectivity index (χ2v) is 10.6. The van der Waals surface area contributed by atoms with Crippen molar-refractivity contribution in [3.05, 3.63) is 112 Å². The number of esters is 2. The summed E-state index contributed by atoms with van der Waals surface area (Å²) < 4.78 is 22.3. The minimum absolute atomic E-state index is 0.0324. The first-order chi connectivity index (χ1) is 20.8. The number of carbonyl (C=O) groups excluding carboxylic acids is 3. The normalized spacial score (nSPS) is 18.0. The summed E-state index contributed by atoms with van der Waals surface area (Å²) in [5, 5.41) is 3.39. The van der Waals surface area contributed by atoms with Gasteiger partial charge in [0.2, 0.25) is 0 Å². The Morgan fingerprint density at radius 1 is 0.930 bits per heavy atom. The molecule has 2 aliphatic rings. The third-order valence-electron chi connectivity index (χ3n) is 7.70. The molecular formula is C35H35NO7.